The molecular weight excluding hydrogens is 343 g/mol. The van der Waals surface area contributed by atoms with Crippen LogP contribution in [0.15, 0.2) is 29.0 Å². The van der Waals surface area contributed by atoms with E-state index in [4.69, 9.17) is 0 Å². The molecule has 0 aromatic carbocycles. The van der Waals surface area contributed by atoms with Crippen molar-refractivity contribution < 1.29 is 0 Å². The van der Waals surface area contributed by atoms with Crippen LogP contribution in [0.25, 0.3) is 5.70 Å². The highest BCUT2D eigenvalue weighted by molar-refractivity contribution is 7.14. The first kappa shape index (κ1) is 20.2. The van der Waals surface area contributed by atoms with E-state index in [1.165, 1.54) is 5.57 Å². The van der Waals surface area contributed by atoms with Gasteiger partial charge in [0.15, 0.2) is 0 Å². The standard InChI is InChI=1S/C17H23N6P.C2H6/c1-10-7-11(2)16(14-9-23(24)22-15(14)8-10)20-13(4)21-17-18-6-5-12(3)19-17;1-2/h5-6,9-10H,7-8,24H2,1-4H3,(H,18,19,20,21);1-2H3. The number of hydrogen-bond donors (Lipinski definition) is 1. The van der Waals surface area contributed by atoms with Gasteiger partial charge in [-0.2, -0.15) is 10.1 Å². The molecule has 1 N–H and O–H groups in total. The summed E-state index contributed by atoms with van der Waals surface area (Å²) in [6.45, 7) is 12.3. The van der Waals surface area contributed by atoms with Crippen LogP contribution in [-0.2, 0) is 6.42 Å². The van der Waals surface area contributed by atoms with E-state index in [0.29, 0.717) is 11.9 Å². The van der Waals surface area contributed by atoms with Gasteiger partial charge in [-0.05, 0) is 60.6 Å². The fourth-order valence-electron chi connectivity index (χ4n) is 3.07. The summed E-state index contributed by atoms with van der Waals surface area (Å²) in [6.07, 6.45) is 5.79. The molecule has 0 bridgehead atoms. The lowest BCUT2D eigenvalue weighted by Crippen LogP contribution is -2.20. The van der Waals surface area contributed by atoms with E-state index in [1.54, 1.807) is 10.6 Å². The third-order valence-corrected chi connectivity index (χ3v) is 4.32. The SMILES string of the molecule is CC.CC1=C(N/C(C)=N\c2nccc(C)n2)c2cn(P)nc2CC(C)C1. The molecule has 3 rings (SSSR count). The second kappa shape index (κ2) is 9.04. The summed E-state index contributed by atoms with van der Waals surface area (Å²) in [5, 5.41) is 8.04. The Morgan fingerprint density at radius 3 is 2.73 bits per heavy atom. The van der Waals surface area contributed by atoms with E-state index in [-0.39, 0.29) is 0 Å². The quantitative estimate of drug-likeness (QED) is 0.485. The number of amidine groups is 1. The van der Waals surface area contributed by atoms with Gasteiger partial charge >= 0.3 is 0 Å². The third kappa shape index (κ3) is 4.98. The van der Waals surface area contributed by atoms with E-state index in [0.717, 1.165) is 41.3 Å². The highest BCUT2D eigenvalue weighted by atomic mass is 31.0. The molecule has 1 aliphatic carbocycles. The van der Waals surface area contributed by atoms with Gasteiger partial charge in [-0.1, -0.05) is 20.8 Å². The minimum absolute atomic E-state index is 0.474. The number of allylic oxidation sites excluding steroid dienone is 1. The molecule has 0 fully saturated rings. The molecule has 140 valence electrons. The zero-order valence-corrected chi connectivity index (χ0v) is 17.7. The predicted molar refractivity (Wildman–Crippen MR) is 111 cm³/mol. The maximum atomic E-state index is 4.59. The van der Waals surface area contributed by atoms with Gasteiger partial charge in [-0.25, -0.2) is 9.97 Å². The lowest BCUT2D eigenvalue weighted by atomic mass is 10.00. The number of rotatable bonds is 2. The normalized spacial score (nSPS) is 17.2. The Bertz CT molecular complexity index is 821. The summed E-state index contributed by atoms with van der Waals surface area (Å²) in [5.41, 5.74) is 5.58. The summed E-state index contributed by atoms with van der Waals surface area (Å²) in [6, 6.07) is 1.86. The van der Waals surface area contributed by atoms with Gasteiger partial charge in [0, 0.05) is 29.3 Å². The number of aliphatic imine (C=N–C) groups is 1. The van der Waals surface area contributed by atoms with Crippen LogP contribution in [0.1, 0.15) is 58.0 Å². The van der Waals surface area contributed by atoms with Crippen LogP contribution in [0.5, 0.6) is 0 Å². The monoisotopic (exact) mass is 372 g/mol. The second-order valence-corrected chi connectivity index (χ2v) is 6.99. The maximum Gasteiger partial charge on any atom is 0.251 e. The molecular formula is C19H29N6P. The van der Waals surface area contributed by atoms with E-state index in [1.807, 2.05) is 40.0 Å². The van der Waals surface area contributed by atoms with Gasteiger partial charge in [0.05, 0.1) is 5.69 Å². The van der Waals surface area contributed by atoms with Crippen molar-refractivity contribution in [3.05, 3.63) is 41.0 Å². The van der Waals surface area contributed by atoms with Crippen molar-refractivity contribution >= 4 is 26.9 Å². The van der Waals surface area contributed by atoms with Crippen molar-refractivity contribution in [1.82, 2.24) is 24.8 Å². The smallest absolute Gasteiger partial charge is 0.251 e. The van der Waals surface area contributed by atoms with E-state index >= 15 is 0 Å². The molecule has 0 saturated carbocycles. The number of aromatic nitrogens is 4. The molecule has 6 nitrogen and oxygen atoms in total. The molecule has 2 atom stereocenters. The summed E-state index contributed by atoms with van der Waals surface area (Å²) in [7, 11) is 2.61. The first-order valence-electron chi connectivity index (χ1n) is 9.08. The molecule has 2 heterocycles. The lowest BCUT2D eigenvalue weighted by molar-refractivity contribution is 0.569. The number of nitrogens with one attached hydrogen (secondary N) is 1. The van der Waals surface area contributed by atoms with Crippen LogP contribution < -0.4 is 5.32 Å². The van der Waals surface area contributed by atoms with Gasteiger partial charge in [0.25, 0.3) is 5.95 Å². The molecule has 0 saturated heterocycles. The second-order valence-electron chi connectivity index (χ2n) is 6.46. The highest BCUT2D eigenvalue weighted by Gasteiger charge is 2.22. The van der Waals surface area contributed by atoms with E-state index in [2.05, 4.69) is 48.6 Å². The first-order valence-corrected chi connectivity index (χ1v) is 9.59. The zero-order chi connectivity index (χ0) is 19.3. The first-order chi connectivity index (χ1) is 12.4. The Hall–Kier alpha value is -2.07. The fraction of sp³-hybridized carbons (Fsp3) is 0.474. The average Bonchev–Trinajstić information content (AvgIpc) is 2.89. The van der Waals surface area contributed by atoms with Gasteiger partial charge in [0.1, 0.15) is 5.84 Å². The summed E-state index contributed by atoms with van der Waals surface area (Å²) >= 11 is 0. The van der Waals surface area contributed by atoms with Crippen LogP contribution in [0, 0.1) is 12.8 Å². The predicted octanol–water partition coefficient (Wildman–Crippen LogP) is 4.30. The Kier molecular flexibility index (Phi) is 7.04. The van der Waals surface area contributed by atoms with Crippen molar-refractivity contribution in [2.45, 2.75) is 54.4 Å². The molecule has 0 spiro atoms. The van der Waals surface area contributed by atoms with Crippen LogP contribution in [-0.4, -0.2) is 25.4 Å². The number of aryl methyl sites for hydroxylation is 1. The van der Waals surface area contributed by atoms with E-state index in [9.17, 15) is 0 Å². The maximum absolute atomic E-state index is 4.59. The van der Waals surface area contributed by atoms with Crippen LogP contribution in [0.2, 0.25) is 0 Å². The lowest BCUT2D eigenvalue weighted by Gasteiger charge is -2.13. The Morgan fingerprint density at radius 2 is 2.04 bits per heavy atom. The van der Waals surface area contributed by atoms with Crippen molar-refractivity contribution in [3.8, 4) is 0 Å². The van der Waals surface area contributed by atoms with Crippen LogP contribution >= 0.6 is 9.39 Å². The molecule has 0 amide bonds. The van der Waals surface area contributed by atoms with Crippen LogP contribution in [0.4, 0.5) is 5.95 Å². The summed E-state index contributed by atoms with van der Waals surface area (Å²) in [4.78, 5) is 13.0. The molecule has 0 aliphatic heterocycles. The fourth-order valence-corrected chi connectivity index (χ4v) is 3.36. The molecule has 2 unspecified atom stereocenters. The van der Waals surface area contributed by atoms with E-state index < -0.39 is 0 Å². The van der Waals surface area contributed by atoms with Gasteiger partial charge in [0.2, 0.25) is 0 Å². The van der Waals surface area contributed by atoms with Crippen molar-refractivity contribution in [1.29, 1.82) is 0 Å². The minimum Gasteiger partial charge on any atom is -0.343 e. The largest absolute Gasteiger partial charge is 0.343 e. The Balaban J connectivity index is 0.00000117. The Morgan fingerprint density at radius 1 is 1.31 bits per heavy atom. The van der Waals surface area contributed by atoms with Crippen molar-refractivity contribution in [3.63, 3.8) is 0 Å². The van der Waals surface area contributed by atoms with Crippen LogP contribution in [0.3, 0.4) is 0 Å². The van der Waals surface area contributed by atoms with Gasteiger partial charge in [-0.15, -0.1) is 0 Å². The Labute approximate surface area is 158 Å². The number of fused-ring (bicyclic) bond motifs is 1. The van der Waals surface area contributed by atoms with Gasteiger partial charge < -0.3 is 5.32 Å². The van der Waals surface area contributed by atoms with Crippen molar-refractivity contribution in [2.75, 3.05) is 0 Å². The zero-order valence-electron chi connectivity index (χ0n) is 16.5. The molecule has 0 radical (unpaired) electrons. The summed E-state index contributed by atoms with van der Waals surface area (Å²) in [5.74, 6) is 1.81. The van der Waals surface area contributed by atoms with Gasteiger partial charge in [-0.3, -0.25) is 4.45 Å². The van der Waals surface area contributed by atoms with Crippen molar-refractivity contribution in [2.24, 2.45) is 10.9 Å². The number of hydrogen-bond acceptors (Lipinski definition) is 4. The third-order valence-electron chi connectivity index (χ3n) is 4.06. The highest BCUT2D eigenvalue weighted by Crippen LogP contribution is 2.31. The average molecular weight is 372 g/mol. The molecule has 7 heteroatoms. The molecule has 1 aliphatic rings. The molecule has 2 aromatic rings. The number of nitrogens with zero attached hydrogens (tertiary/aromatic N) is 5. The molecule has 26 heavy (non-hydrogen) atoms. The topological polar surface area (TPSA) is 68.0 Å². The minimum atomic E-state index is 0.474. The summed E-state index contributed by atoms with van der Waals surface area (Å²) < 4.78 is 1.80. The molecule has 2 aromatic heterocycles.